The summed E-state index contributed by atoms with van der Waals surface area (Å²) < 4.78 is 5.28. The topological polar surface area (TPSA) is 62.5 Å². The molecular weight excluding hydrogens is 266 g/mol. The molecule has 2 aromatic rings. The zero-order valence-corrected chi connectivity index (χ0v) is 10.9. The van der Waals surface area contributed by atoms with Crippen molar-refractivity contribution in [2.75, 3.05) is 12.4 Å². The van der Waals surface area contributed by atoms with E-state index < -0.39 is 5.60 Å². The molecule has 1 unspecified atom stereocenters. The van der Waals surface area contributed by atoms with Crippen LogP contribution in [0.15, 0.2) is 53.1 Å². The molecule has 5 heteroatoms. The van der Waals surface area contributed by atoms with E-state index in [1.807, 2.05) is 18.2 Å². The first kappa shape index (κ1) is 13.6. The summed E-state index contributed by atoms with van der Waals surface area (Å²) in [7, 11) is 0. The van der Waals surface area contributed by atoms with Gasteiger partial charge in [0.1, 0.15) is 11.6 Å². The fourth-order valence-corrected chi connectivity index (χ4v) is 1.93. The Morgan fingerprint density at radius 1 is 1.26 bits per heavy atom. The van der Waals surface area contributed by atoms with E-state index in [1.165, 1.54) is 6.26 Å². The van der Waals surface area contributed by atoms with Gasteiger partial charge in [-0.1, -0.05) is 30.3 Å². The Hall–Kier alpha value is -1.78. The summed E-state index contributed by atoms with van der Waals surface area (Å²) >= 11 is 5.43. The number of carbonyl (C=O) groups excluding carboxylic acids is 1. The minimum atomic E-state index is -1.41. The molecule has 0 saturated heterocycles. The lowest BCUT2D eigenvalue weighted by molar-refractivity contribution is -0.119. The number of nitrogens with one attached hydrogen (secondary N) is 1. The van der Waals surface area contributed by atoms with Crippen molar-refractivity contribution >= 4 is 17.5 Å². The van der Waals surface area contributed by atoms with Crippen molar-refractivity contribution < 1.29 is 14.3 Å². The van der Waals surface area contributed by atoms with Gasteiger partial charge in [-0.05, 0) is 17.7 Å². The van der Waals surface area contributed by atoms with Crippen LogP contribution in [0.25, 0.3) is 0 Å². The van der Waals surface area contributed by atoms with Crippen molar-refractivity contribution in [1.82, 2.24) is 5.32 Å². The first-order valence-corrected chi connectivity index (χ1v) is 6.35. The standard InChI is InChI=1S/C14H14ClNO3/c15-9-13(17)16-10-14(18,12-7-4-8-19-12)11-5-2-1-3-6-11/h1-8,18H,9-10H2,(H,16,17). The highest BCUT2D eigenvalue weighted by Gasteiger charge is 2.34. The minimum absolute atomic E-state index is 0.00389. The van der Waals surface area contributed by atoms with Gasteiger partial charge in [0.15, 0.2) is 5.60 Å². The van der Waals surface area contributed by atoms with Crippen molar-refractivity contribution in [3.05, 3.63) is 60.1 Å². The molecule has 0 saturated carbocycles. The molecule has 0 spiro atoms. The van der Waals surface area contributed by atoms with Crippen LogP contribution in [0.2, 0.25) is 0 Å². The first-order valence-electron chi connectivity index (χ1n) is 5.81. The number of carbonyl (C=O) groups is 1. The van der Waals surface area contributed by atoms with Gasteiger partial charge < -0.3 is 14.8 Å². The van der Waals surface area contributed by atoms with Gasteiger partial charge in [-0.3, -0.25) is 4.79 Å². The van der Waals surface area contributed by atoms with E-state index in [9.17, 15) is 9.90 Å². The number of amides is 1. The zero-order valence-electron chi connectivity index (χ0n) is 10.2. The van der Waals surface area contributed by atoms with Gasteiger partial charge in [0.25, 0.3) is 0 Å². The van der Waals surface area contributed by atoms with Crippen LogP contribution in [-0.4, -0.2) is 23.4 Å². The minimum Gasteiger partial charge on any atom is -0.466 e. The maximum Gasteiger partial charge on any atom is 0.235 e. The van der Waals surface area contributed by atoms with Gasteiger partial charge in [-0.2, -0.15) is 0 Å². The summed E-state index contributed by atoms with van der Waals surface area (Å²) in [5.74, 6) is -0.126. The van der Waals surface area contributed by atoms with E-state index in [1.54, 1.807) is 24.3 Å². The number of alkyl halides is 1. The quantitative estimate of drug-likeness (QED) is 0.822. The second-order valence-corrected chi connectivity index (χ2v) is 4.38. The van der Waals surface area contributed by atoms with Crippen LogP contribution in [0, 0.1) is 0 Å². The van der Waals surface area contributed by atoms with E-state index in [4.69, 9.17) is 16.0 Å². The highest BCUT2D eigenvalue weighted by Crippen LogP contribution is 2.29. The molecule has 0 aliphatic heterocycles. The van der Waals surface area contributed by atoms with Crippen LogP contribution in [-0.2, 0) is 10.4 Å². The zero-order chi connectivity index (χ0) is 13.7. The lowest BCUT2D eigenvalue weighted by Crippen LogP contribution is -2.41. The van der Waals surface area contributed by atoms with Gasteiger partial charge in [0.2, 0.25) is 5.91 Å². The van der Waals surface area contributed by atoms with E-state index in [0.29, 0.717) is 11.3 Å². The third-order valence-electron chi connectivity index (χ3n) is 2.84. The summed E-state index contributed by atoms with van der Waals surface area (Å²) in [5, 5.41) is 13.4. The Labute approximate surface area is 116 Å². The van der Waals surface area contributed by atoms with Crippen molar-refractivity contribution in [1.29, 1.82) is 0 Å². The van der Waals surface area contributed by atoms with Crippen LogP contribution in [0.1, 0.15) is 11.3 Å². The number of hydrogen-bond donors (Lipinski definition) is 2. The molecule has 100 valence electrons. The molecule has 1 amide bonds. The third kappa shape index (κ3) is 2.97. The smallest absolute Gasteiger partial charge is 0.235 e. The molecule has 0 radical (unpaired) electrons. The van der Waals surface area contributed by atoms with Gasteiger partial charge >= 0.3 is 0 Å². The average molecular weight is 280 g/mol. The highest BCUT2D eigenvalue weighted by molar-refractivity contribution is 6.27. The number of hydrogen-bond acceptors (Lipinski definition) is 3. The second-order valence-electron chi connectivity index (χ2n) is 4.11. The van der Waals surface area contributed by atoms with Crippen molar-refractivity contribution in [3.8, 4) is 0 Å². The Bertz CT molecular complexity index is 527. The Morgan fingerprint density at radius 3 is 2.58 bits per heavy atom. The maximum absolute atomic E-state index is 11.3. The molecule has 4 nitrogen and oxygen atoms in total. The lowest BCUT2D eigenvalue weighted by Gasteiger charge is -2.26. The van der Waals surface area contributed by atoms with Gasteiger partial charge in [-0.25, -0.2) is 0 Å². The average Bonchev–Trinajstić information content (AvgIpc) is 3.00. The molecule has 0 aliphatic carbocycles. The summed E-state index contributed by atoms with van der Waals surface area (Å²) in [5.41, 5.74) is -0.772. The van der Waals surface area contributed by atoms with Gasteiger partial charge in [0.05, 0.1) is 12.8 Å². The fourth-order valence-electron chi connectivity index (χ4n) is 1.83. The van der Waals surface area contributed by atoms with Crippen molar-refractivity contribution in [3.63, 3.8) is 0 Å². The molecule has 2 N–H and O–H groups in total. The van der Waals surface area contributed by atoms with Crippen LogP contribution >= 0.6 is 11.6 Å². The molecule has 2 rings (SSSR count). The number of benzene rings is 1. The molecule has 0 fully saturated rings. The highest BCUT2D eigenvalue weighted by atomic mass is 35.5. The first-order chi connectivity index (χ1) is 9.16. The monoisotopic (exact) mass is 279 g/mol. The van der Waals surface area contributed by atoms with Crippen LogP contribution in [0.4, 0.5) is 0 Å². The number of halogens is 1. The number of furan rings is 1. The van der Waals surface area contributed by atoms with Crippen LogP contribution in [0.5, 0.6) is 0 Å². The molecule has 1 aromatic heterocycles. The molecule has 1 aromatic carbocycles. The van der Waals surface area contributed by atoms with E-state index >= 15 is 0 Å². The predicted molar refractivity (Wildman–Crippen MR) is 71.9 cm³/mol. The Kier molecular flexibility index (Phi) is 4.24. The Balaban J connectivity index is 2.31. The third-order valence-corrected chi connectivity index (χ3v) is 3.09. The van der Waals surface area contributed by atoms with Crippen molar-refractivity contribution in [2.24, 2.45) is 0 Å². The van der Waals surface area contributed by atoms with Crippen LogP contribution < -0.4 is 5.32 Å². The normalized spacial score (nSPS) is 13.8. The van der Waals surface area contributed by atoms with Gasteiger partial charge in [0, 0.05) is 0 Å². The molecule has 1 atom stereocenters. The lowest BCUT2D eigenvalue weighted by atomic mass is 9.91. The fraction of sp³-hybridized carbons (Fsp3) is 0.214. The Morgan fingerprint density at radius 2 is 2.00 bits per heavy atom. The molecule has 0 bridgehead atoms. The van der Waals surface area contributed by atoms with E-state index in [-0.39, 0.29) is 18.3 Å². The van der Waals surface area contributed by atoms with Crippen LogP contribution in [0.3, 0.4) is 0 Å². The second kappa shape index (κ2) is 5.91. The number of aliphatic hydroxyl groups is 1. The molecule has 1 heterocycles. The largest absolute Gasteiger partial charge is 0.466 e. The summed E-state index contributed by atoms with van der Waals surface area (Å²) in [4.78, 5) is 11.3. The molecule has 19 heavy (non-hydrogen) atoms. The molecule has 0 aliphatic rings. The van der Waals surface area contributed by atoms with E-state index in [0.717, 1.165) is 0 Å². The van der Waals surface area contributed by atoms with E-state index in [2.05, 4.69) is 5.32 Å². The summed E-state index contributed by atoms with van der Waals surface area (Å²) in [6, 6.07) is 12.4. The van der Waals surface area contributed by atoms with Gasteiger partial charge in [-0.15, -0.1) is 11.6 Å². The summed E-state index contributed by atoms with van der Waals surface area (Å²) in [6.45, 7) is -0.00389. The van der Waals surface area contributed by atoms with Crippen molar-refractivity contribution in [2.45, 2.75) is 5.60 Å². The predicted octanol–water partition coefficient (Wildman–Crippen LogP) is 1.87. The number of rotatable bonds is 5. The SMILES string of the molecule is O=C(CCl)NCC(O)(c1ccccc1)c1ccco1. The summed E-state index contributed by atoms with van der Waals surface area (Å²) in [6.07, 6.45) is 1.48. The maximum atomic E-state index is 11.3. The molecular formula is C14H14ClNO3.